The third-order valence-electron chi connectivity index (χ3n) is 6.72. The van der Waals surface area contributed by atoms with Gasteiger partial charge in [0.1, 0.15) is 17.8 Å². The third-order valence-corrected chi connectivity index (χ3v) is 6.72. The van der Waals surface area contributed by atoms with Crippen LogP contribution in [-0.2, 0) is 10.7 Å². The summed E-state index contributed by atoms with van der Waals surface area (Å²) >= 11 is 0. The summed E-state index contributed by atoms with van der Waals surface area (Å²) in [4.78, 5) is 30.9. The number of anilines is 1. The number of alkyl halides is 3. The first kappa shape index (κ1) is 27.2. The summed E-state index contributed by atoms with van der Waals surface area (Å²) in [7, 11) is 0. The fourth-order valence-corrected chi connectivity index (χ4v) is 4.80. The normalized spacial score (nSPS) is 15.9. The zero-order valence-corrected chi connectivity index (χ0v) is 21.1. The summed E-state index contributed by atoms with van der Waals surface area (Å²) in [5.41, 5.74) is 1.74. The first-order valence-electron chi connectivity index (χ1n) is 12.3. The fourth-order valence-electron chi connectivity index (χ4n) is 4.80. The van der Waals surface area contributed by atoms with Gasteiger partial charge in [-0.2, -0.15) is 8.78 Å². The molecule has 1 aliphatic rings. The molecule has 202 valence electrons. The van der Waals surface area contributed by atoms with Gasteiger partial charge in [-0.15, -0.1) is 0 Å². The van der Waals surface area contributed by atoms with Crippen LogP contribution in [0, 0.1) is 11.3 Å². The lowest BCUT2D eigenvalue weighted by Crippen LogP contribution is -2.38. The minimum absolute atomic E-state index is 0.0529. The Labute approximate surface area is 218 Å². The Balaban J connectivity index is 1.48. The van der Waals surface area contributed by atoms with E-state index in [9.17, 15) is 22.8 Å². The van der Waals surface area contributed by atoms with Gasteiger partial charge in [-0.25, -0.2) is 14.4 Å². The highest BCUT2D eigenvalue weighted by Crippen LogP contribution is 2.51. The first-order chi connectivity index (χ1) is 18.0. The summed E-state index contributed by atoms with van der Waals surface area (Å²) < 4.78 is 41.1. The van der Waals surface area contributed by atoms with Crippen LogP contribution in [0.15, 0.2) is 55.1 Å². The molecule has 38 heavy (non-hydrogen) atoms. The summed E-state index contributed by atoms with van der Waals surface area (Å²) in [6, 6.07) is 10.6. The van der Waals surface area contributed by atoms with Crippen molar-refractivity contribution in [1.82, 2.24) is 19.9 Å². The van der Waals surface area contributed by atoms with Crippen molar-refractivity contribution in [1.29, 1.82) is 0 Å². The average Bonchev–Trinajstić information content (AvgIpc) is 3.37. The molecule has 1 fully saturated rings. The van der Waals surface area contributed by atoms with Crippen molar-refractivity contribution < 1.29 is 27.9 Å². The predicted molar refractivity (Wildman–Crippen MR) is 135 cm³/mol. The molecule has 2 heterocycles. The van der Waals surface area contributed by atoms with Gasteiger partial charge in [0, 0.05) is 18.3 Å². The van der Waals surface area contributed by atoms with Gasteiger partial charge in [0.25, 0.3) is 5.91 Å². The summed E-state index contributed by atoms with van der Waals surface area (Å²) in [5, 5.41) is 14.9. The van der Waals surface area contributed by atoms with E-state index in [2.05, 4.69) is 34.4 Å². The van der Waals surface area contributed by atoms with Gasteiger partial charge in [-0.05, 0) is 54.0 Å². The molecule has 0 aliphatic heterocycles. The van der Waals surface area contributed by atoms with Gasteiger partial charge in [-0.1, -0.05) is 26.0 Å². The van der Waals surface area contributed by atoms with E-state index in [0.717, 1.165) is 30.3 Å². The van der Waals surface area contributed by atoms with Gasteiger partial charge in [-0.3, -0.25) is 14.2 Å². The maximum Gasteiger partial charge on any atom is 0.318 e. The van der Waals surface area contributed by atoms with Gasteiger partial charge in [0.2, 0.25) is 0 Å². The monoisotopic (exact) mass is 529 g/mol. The number of nitrogens with one attached hydrogen (secondary N) is 2. The lowest BCUT2D eigenvalue weighted by atomic mass is 9.61. The minimum atomic E-state index is -3.65. The van der Waals surface area contributed by atoms with E-state index in [1.165, 1.54) is 10.9 Å². The van der Waals surface area contributed by atoms with Crippen LogP contribution in [0.3, 0.4) is 0 Å². The van der Waals surface area contributed by atoms with Crippen LogP contribution in [0.1, 0.15) is 60.8 Å². The molecular formula is C27H30F3N5O3. The molecule has 1 aliphatic carbocycles. The number of nitrogens with zero attached hydrogens (tertiary/aromatic N) is 3. The molecule has 3 N–H and O–H groups in total. The van der Waals surface area contributed by atoms with Crippen LogP contribution >= 0.6 is 0 Å². The number of pyridine rings is 1. The molecule has 0 radical (unpaired) electrons. The van der Waals surface area contributed by atoms with Gasteiger partial charge >= 0.3 is 11.9 Å². The molecule has 8 nitrogen and oxygen atoms in total. The molecule has 1 saturated carbocycles. The molecule has 0 bridgehead atoms. The maximum absolute atomic E-state index is 13.6. The van der Waals surface area contributed by atoms with E-state index in [1.807, 2.05) is 12.1 Å². The second kappa shape index (κ2) is 10.8. The van der Waals surface area contributed by atoms with Crippen LogP contribution in [-0.4, -0.2) is 44.7 Å². The first-order valence-corrected chi connectivity index (χ1v) is 12.3. The number of halogens is 3. The Bertz CT molecular complexity index is 1270. The second-order valence-corrected chi connectivity index (χ2v) is 10.4. The number of rotatable bonds is 11. The molecule has 2 aromatic heterocycles. The number of aromatic nitrogens is 3. The Hall–Kier alpha value is -3.89. The number of aliphatic carboxylic acids is 1. The number of hydrogen-bond acceptors (Lipinski definition) is 5. The van der Waals surface area contributed by atoms with Crippen molar-refractivity contribution in [3.8, 4) is 5.82 Å². The lowest BCUT2D eigenvalue weighted by molar-refractivity contribution is -0.136. The summed E-state index contributed by atoms with van der Waals surface area (Å²) in [6.45, 7) is 2.66. The number of amides is 1. The molecule has 1 aromatic carbocycles. The smallest absolute Gasteiger partial charge is 0.318 e. The Morgan fingerprint density at radius 2 is 1.87 bits per heavy atom. The average molecular weight is 530 g/mol. The Morgan fingerprint density at radius 1 is 1.16 bits per heavy atom. The van der Waals surface area contributed by atoms with Crippen molar-refractivity contribution in [2.45, 2.75) is 45.1 Å². The van der Waals surface area contributed by atoms with E-state index in [-0.39, 0.29) is 30.3 Å². The highest BCUT2D eigenvalue weighted by atomic mass is 19.3. The summed E-state index contributed by atoms with van der Waals surface area (Å²) in [6.07, 6.45) is 5.71. The fraction of sp³-hybridized carbons (Fsp3) is 0.407. The van der Waals surface area contributed by atoms with Crippen LogP contribution in [0.5, 0.6) is 0 Å². The lowest BCUT2D eigenvalue weighted by Gasteiger charge is -2.47. The van der Waals surface area contributed by atoms with Crippen LogP contribution < -0.4 is 10.6 Å². The van der Waals surface area contributed by atoms with Crippen LogP contribution in [0.4, 0.5) is 18.9 Å². The second-order valence-electron chi connectivity index (χ2n) is 10.4. The number of benzene rings is 1. The molecule has 0 saturated heterocycles. The summed E-state index contributed by atoms with van der Waals surface area (Å²) in [5.74, 6) is -4.25. The zero-order valence-electron chi connectivity index (χ0n) is 21.1. The van der Waals surface area contributed by atoms with E-state index < -0.39 is 24.3 Å². The minimum Gasteiger partial charge on any atom is -0.481 e. The van der Waals surface area contributed by atoms with Gasteiger partial charge in [0.15, 0.2) is 6.67 Å². The predicted octanol–water partition coefficient (Wildman–Crippen LogP) is 5.12. The quantitative estimate of drug-likeness (QED) is 0.318. The standard InChI is InChI=1S/C27H30F3N5O3/c1-26(2)11-19(12-26)24(17-3-5-18(6-4-17)25(38)31-10-9-23(36)37)34-20-7-8-22(32-13-20)35-14-21(33-16-35)27(29,30)15-28/h3-8,13-14,16,19,24,34H,9-12,15H2,1-2H3,(H,31,38)(H,36,37). The number of hydrogen-bond donors (Lipinski definition) is 3. The molecule has 1 amide bonds. The third kappa shape index (κ3) is 6.32. The largest absolute Gasteiger partial charge is 0.481 e. The highest BCUT2D eigenvalue weighted by molar-refractivity contribution is 5.94. The molecule has 11 heteroatoms. The van der Waals surface area contributed by atoms with Crippen LogP contribution in [0.25, 0.3) is 5.82 Å². The molecule has 1 unspecified atom stereocenters. The molecule has 1 atom stereocenters. The number of carboxylic acid groups (broad SMARTS) is 1. The molecule has 4 rings (SSSR count). The Kier molecular flexibility index (Phi) is 7.75. The van der Waals surface area contributed by atoms with E-state index in [1.54, 1.807) is 30.5 Å². The SMILES string of the molecule is CC1(C)CC(C(Nc2ccc(-n3cnc(C(F)(F)CF)c3)nc2)c2ccc(C(=O)NCCC(=O)O)cc2)C1. The maximum atomic E-state index is 13.6. The van der Waals surface area contributed by atoms with Gasteiger partial charge < -0.3 is 15.7 Å². The zero-order chi connectivity index (χ0) is 27.5. The van der Waals surface area contributed by atoms with Gasteiger partial charge in [0.05, 0.1) is 24.3 Å². The topological polar surface area (TPSA) is 109 Å². The van der Waals surface area contributed by atoms with Crippen molar-refractivity contribution in [3.05, 3.63) is 71.9 Å². The van der Waals surface area contributed by atoms with Crippen molar-refractivity contribution in [3.63, 3.8) is 0 Å². The molecule has 0 spiro atoms. The number of carbonyl (C=O) groups excluding carboxylic acids is 1. The highest BCUT2D eigenvalue weighted by Gasteiger charge is 2.41. The number of carboxylic acids is 1. The van der Waals surface area contributed by atoms with E-state index >= 15 is 0 Å². The number of imidazole rings is 1. The Morgan fingerprint density at radius 3 is 2.45 bits per heavy atom. The van der Waals surface area contributed by atoms with E-state index in [4.69, 9.17) is 5.11 Å². The van der Waals surface area contributed by atoms with Crippen molar-refractivity contribution >= 4 is 17.6 Å². The van der Waals surface area contributed by atoms with Crippen LogP contribution in [0.2, 0.25) is 0 Å². The molecule has 3 aromatic rings. The van der Waals surface area contributed by atoms with Crippen molar-refractivity contribution in [2.24, 2.45) is 11.3 Å². The molecular weight excluding hydrogens is 499 g/mol. The van der Waals surface area contributed by atoms with Crippen molar-refractivity contribution in [2.75, 3.05) is 18.5 Å². The van der Waals surface area contributed by atoms with E-state index in [0.29, 0.717) is 17.3 Å². The number of carbonyl (C=O) groups is 2.